The maximum absolute atomic E-state index is 12.3. The van der Waals surface area contributed by atoms with Crippen molar-refractivity contribution in [3.63, 3.8) is 0 Å². The number of carbonyl (C=O) groups excluding carboxylic acids is 1. The average Bonchev–Trinajstić information content (AvgIpc) is 2.74. The Balaban J connectivity index is 2.27. The molecular formula is C12H11ClINO4. The molecule has 2 N–H and O–H groups in total. The standard InChI is InChI=1S/C12H11ClINO4/c13-8-3-6(1-2-9(8)14)11(17)15-5-7(16)4-10(15)12(18)19/h1-3,7,10,16H,4-5H2,(H,18,19)/t7-,10-/m0/s1. The van der Waals surface area contributed by atoms with E-state index in [9.17, 15) is 14.7 Å². The smallest absolute Gasteiger partial charge is 0.326 e. The number of carbonyl (C=O) groups is 2. The fraction of sp³-hybridized carbons (Fsp3) is 0.333. The molecule has 1 aliphatic rings. The van der Waals surface area contributed by atoms with Gasteiger partial charge in [0, 0.05) is 22.1 Å². The molecule has 1 aromatic rings. The summed E-state index contributed by atoms with van der Waals surface area (Å²) in [5.74, 6) is -1.54. The Morgan fingerprint density at radius 1 is 1.42 bits per heavy atom. The highest BCUT2D eigenvalue weighted by molar-refractivity contribution is 14.1. The van der Waals surface area contributed by atoms with Crippen LogP contribution in [0.1, 0.15) is 16.8 Å². The normalized spacial score (nSPS) is 22.6. The summed E-state index contributed by atoms with van der Waals surface area (Å²) < 4.78 is 0.812. The second kappa shape index (κ2) is 5.64. The fourth-order valence-corrected chi connectivity index (χ4v) is 2.58. The molecule has 1 fully saturated rings. The number of hydrogen-bond acceptors (Lipinski definition) is 3. The average molecular weight is 396 g/mol. The molecule has 1 aliphatic heterocycles. The van der Waals surface area contributed by atoms with Crippen LogP contribution in [0.3, 0.4) is 0 Å². The molecular weight excluding hydrogens is 384 g/mol. The molecule has 0 aliphatic carbocycles. The van der Waals surface area contributed by atoms with E-state index in [2.05, 4.69) is 0 Å². The molecule has 0 aromatic heterocycles. The molecule has 1 amide bonds. The van der Waals surface area contributed by atoms with Crippen LogP contribution < -0.4 is 0 Å². The van der Waals surface area contributed by atoms with E-state index >= 15 is 0 Å². The molecule has 1 aromatic carbocycles. The maximum atomic E-state index is 12.3. The molecule has 0 saturated carbocycles. The van der Waals surface area contributed by atoms with Crippen LogP contribution in [-0.2, 0) is 4.79 Å². The highest BCUT2D eigenvalue weighted by Crippen LogP contribution is 2.24. The van der Waals surface area contributed by atoms with Crippen LogP contribution in [0.2, 0.25) is 5.02 Å². The summed E-state index contributed by atoms with van der Waals surface area (Å²) in [6, 6.07) is 3.81. The number of β-amino-alcohol motifs (C(OH)–C–C–N with tert-alkyl or cyclic N) is 1. The van der Waals surface area contributed by atoms with E-state index in [1.54, 1.807) is 12.1 Å². The van der Waals surface area contributed by atoms with Gasteiger partial charge in [-0.3, -0.25) is 4.79 Å². The Bertz CT molecular complexity index is 536. The van der Waals surface area contributed by atoms with Crippen molar-refractivity contribution < 1.29 is 19.8 Å². The van der Waals surface area contributed by atoms with Crippen molar-refractivity contribution in [2.45, 2.75) is 18.6 Å². The molecule has 102 valence electrons. The third-order valence-electron chi connectivity index (χ3n) is 2.99. The highest BCUT2D eigenvalue weighted by atomic mass is 127. The van der Waals surface area contributed by atoms with E-state index in [0.29, 0.717) is 10.6 Å². The molecule has 2 atom stereocenters. The number of carboxylic acid groups (broad SMARTS) is 1. The zero-order chi connectivity index (χ0) is 14.2. The van der Waals surface area contributed by atoms with Crippen molar-refractivity contribution in [2.24, 2.45) is 0 Å². The van der Waals surface area contributed by atoms with Crippen LogP contribution in [0.4, 0.5) is 0 Å². The van der Waals surface area contributed by atoms with E-state index < -0.39 is 24.0 Å². The Labute approximate surface area is 128 Å². The predicted molar refractivity (Wildman–Crippen MR) is 77.3 cm³/mol. The number of carboxylic acids is 1. The molecule has 0 radical (unpaired) electrons. The van der Waals surface area contributed by atoms with E-state index in [0.717, 1.165) is 3.57 Å². The zero-order valence-corrected chi connectivity index (χ0v) is 12.6. The second-order valence-corrected chi connectivity index (χ2v) is 5.90. The summed E-state index contributed by atoms with van der Waals surface area (Å²) in [6.07, 6.45) is -0.747. The molecule has 7 heteroatoms. The zero-order valence-electron chi connectivity index (χ0n) is 9.72. The largest absolute Gasteiger partial charge is 0.480 e. The maximum Gasteiger partial charge on any atom is 0.326 e. The van der Waals surface area contributed by atoms with Crippen LogP contribution in [0.25, 0.3) is 0 Å². The first kappa shape index (κ1) is 14.5. The lowest BCUT2D eigenvalue weighted by molar-refractivity contribution is -0.141. The number of aliphatic hydroxyl groups is 1. The van der Waals surface area contributed by atoms with Gasteiger partial charge in [-0.2, -0.15) is 0 Å². The van der Waals surface area contributed by atoms with E-state index in [1.165, 1.54) is 11.0 Å². The van der Waals surface area contributed by atoms with Gasteiger partial charge in [0.25, 0.3) is 5.91 Å². The van der Waals surface area contributed by atoms with Gasteiger partial charge >= 0.3 is 5.97 Å². The lowest BCUT2D eigenvalue weighted by Gasteiger charge is -2.21. The number of rotatable bonds is 2. The van der Waals surface area contributed by atoms with Crippen molar-refractivity contribution >= 4 is 46.1 Å². The third kappa shape index (κ3) is 3.01. The molecule has 19 heavy (non-hydrogen) atoms. The number of aliphatic carboxylic acids is 1. The minimum absolute atomic E-state index is 0.0272. The van der Waals surface area contributed by atoms with Crippen LogP contribution in [0, 0.1) is 3.57 Å². The molecule has 2 rings (SSSR count). The van der Waals surface area contributed by atoms with E-state index in [-0.39, 0.29) is 13.0 Å². The first-order chi connectivity index (χ1) is 8.90. The van der Waals surface area contributed by atoms with Crippen LogP contribution in [0.5, 0.6) is 0 Å². The molecule has 1 heterocycles. The summed E-state index contributed by atoms with van der Waals surface area (Å²) in [5, 5.41) is 19.0. The number of halogens is 2. The lowest BCUT2D eigenvalue weighted by Crippen LogP contribution is -2.40. The van der Waals surface area contributed by atoms with E-state index in [4.69, 9.17) is 16.7 Å². The van der Waals surface area contributed by atoms with Crippen molar-refractivity contribution in [1.82, 2.24) is 4.90 Å². The topological polar surface area (TPSA) is 77.8 Å². The monoisotopic (exact) mass is 395 g/mol. The van der Waals surface area contributed by atoms with Gasteiger partial charge in [-0.05, 0) is 40.8 Å². The Morgan fingerprint density at radius 3 is 2.68 bits per heavy atom. The van der Waals surface area contributed by atoms with Crippen LogP contribution in [0.15, 0.2) is 18.2 Å². The van der Waals surface area contributed by atoms with E-state index in [1.807, 2.05) is 22.6 Å². The Hall–Kier alpha value is -0.860. The SMILES string of the molecule is O=C(O)[C@@H]1C[C@H](O)CN1C(=O)c1ccc(I)c(Cl)c1. The third-order valence-corrected chi connectivity index (χ3v) is 4.56. The van der Waals surface area contributed by atoms with Crippen molar-refractivity contribution in [2.75, 3.05) is 6.54 Å². The summed E-state index contributed by atoms with van der Waals surface area (Å²) in [7, 11) is 0. The van der Waals surface area contributed by atoms with Crippen molar-refractivity contribution in [3.05, 3.63) is 32.4 Å². The minimum Gasteiger partial charge on any atom is -0.480 e. The quantitative estimate of drug-likeness (QED) is 0.746. The Kier molecular flexibility index (Phi) is 4.32. The summed E-state index contributed by atoms with van der Waals surface area (Å²) >= 11 is 7.99. The van der Waals surface area contributed by atoms with Gasteiger partial charge in [-0.15, -0.1) is 0 Å². The number of hydrogen-bond donors (Lipinski definition) is 2. The summed E-state index contributed by atoms with van der Waals surface area (Å²) in [6.45, 7) is 0.0272. The van der Waals surface area contributed by atoms with Gasteiger partial charge in [0.15, 0.2) is 0 Å². The first-order valence-corrected chi connectivity index (χ1v) is 7.02. The molecule has 0 unspecified atom stereocenters. The van der Waals surface area contributed by atoms with Crippen LogP contribution >= 0.6 is 34.2 Å². The van der Waals surface area contributed by atoms with Crippen molar-refractivity contribution in [3.8, 4) is 0 Å². The molecule has 1 saturated heterocycles. The highest BCUT2D eigenvalue weighted by Gasteiger charge is 2.39. The van der Waals surface area contributed by atoms with Crippen molar-refractivity contribution in [1.29, 1.82) is 0 Å². The van der Waals surface area contributed by atoms with Gasteiger partial charge in [0.1, 0.15) is 6.04 Å². The second-order valence-electron chi connectivity index (χ2n) is 4.33. The predicted octanol–water partition coefficient (Wildman–Crippen LogP) is 1.60. The van der Waals surface area contributed by atoms with Crippen LogP contribution in [-0.4, -0.2) is 45.7 Å². The van der Waals surface area contributed by atoms with Gasteiger partial charge in [0.05, 0.1) is 11.1 Å². The molecule has 0 bridgehead atoms. The van der Waals surface area contributed by atoms with Gasteiger partial charge in [-0.1, -0.05) is 11.6 Å². The van der Waals surface area contributed by atoms with Gasteiger partial charge < -0.3 is 15.1 Å². The number of benzene rings is 1. The number of aliphatic hydroxyl groups excluding tert-OH is 1. The van der Waals surface area contributed by atoms with Gasteiger partial charge in [-0.25, -0.2) is 4.79 Å². The summed E-state index contributed by atoms with van der Waals surface area (Å²) in [5.41, 5.74) is 0.325. The molecule has 5 nitrogen and oxygen atoms in total. The van der Waals surface area contributed by atoms with Gasteiger partial charge in [0.2, 0.25) is 0 Å². The number of likely N-dealkylation sites (tertiary alicyclic amines) is 1. The number of nitrogens with zero attached hydrogens (tertiary/aromatic N) is 1. The minimum atomic E-state index is -1.11. The molecule has 0 spiro atoms. The Morgan fingerprint density at radius 2 is 2.11 bits per heavy atom. The first-order valence-electron chi connectivity index (χ1n) is 5.57. The lowest BCUT2D eigenvalue weighted by atomic mass is 10.1. The summed E-state index contributed by atoms with van der Waals surface area (Å²) in [4.78, 5) is 24.5. The number of amides is 1. The fourth-order valence-electron chi connectivity index (χ4n) is 2.07.